The van der Waals surface area contributed by atoms with Crippen LogP contribution in [-0.2, 0) is 28.9 Å². The summed E-state index contributed by atoms with van der Waals surface area (Å²) < 4.78 is 7.55. The van der Waals surface area contributed by atoms with Crippen LogP contribution in [-0.4, -0.2) is 29.1 Å². The van der Waals surface area contributed by atoms with E-state index >= 15 is 0 Å². The van der Waals surface area contributed by atoms with Gasteiger partial charge in [-0.2, -0.15) is 0 Å². The number of aromatic nitrogens is 1. The first-order chi connectivity index (χ1) is 13.8. The average molecular weight is 393 g/mol. The Labute approximate surface area is 169 Å². The molecule has 5 heteroatoms. The van der Waals surface area contributed by atoms with Crippen LogP contribution >= 0.6 is 11.3 Å². The standard InChI is InChI=1S/C23H24N2O2S/c1-27-15-21(26)25-14-18-17-10-5-6-12-20(17)28-23(18)24-13-7-11-19(24)22(25)16-8-3-2-4-9-16/h2-4,7-9,11,13,22H,5-6,10,12,14-15H2,1H3. The van der Waals surface area contributed by atoms with E-state index in [0.29, 0.717) is 6.54 Å². The van der Waals surface area contributed by atoms with E-state index in [1.54, 1.807) is 7.11 Å². The Bertz CT molecular complexity index is 1010. The van der Waals surface area contributed by atoms with Crippen molar-refractivity contribution in [3.63, 3.8) is 0 Å². The highest BCUT2D eigenvalue weighted by Crippen LogP contribution is 2.43. The zero-order chi connectivity index (χ0) is 19.1. The maximum absolute atomic E-state index is 13.2. The number of ether oxygens (including phenoxy) is 1. The number of amides is 1. The molecule has 1 aromatic carbocycles. The third-order valence-corrected chi connectivity index (χ3v) is 7.22. The van der Waals surface area contributed by atoms with Gasteiger partial charge in [0, 0.05) is 30.3 Å². The predicted octanol–water partition coefficient (Wildman–Crippen LogP) is 4.50. The summed E-state index contributed by atoms with van der Waals surface area (Å²) >= 11 is 1.92. The van der Waals surface area contributed by atoms with Gasteiger partial charge in [-0.1, -0.05) is 30.3 Å². The molecule has 0 saturated carbocycles. The normalized spacial score (nSPS) is 18.2. The lowest BCUT2D eigenvalue weighted by atomic mass is 9.95. The third-order valence-electron chi connectivity index (χ3n) is 5.88. The molecular formula is C23H24N2O2S. The average Bonchev–Trinajstić information content (AvgIpc) is 3.31. The van der Waals surface area contributed by atoms with Gasteiger partial charge in [0.15, 0.2) is 0 Å². The first kappa shape index (κ1) is 17.7. The van der Waals surface area contributed by atoms with Crippen LogP contribution in [0, 0.1) is 0 Å². The molecule has 0 saturated heterocycles. The molecule has 3 aromatic rings. The van der Waals surface area contributed by atoms with Crippen molar-refractivity contribution in [3.8, 4) is 5.00 Å². The van der Waals surface area contributed by atoms with Crippen LogP contribution in [0.1, 0.15) is 46.1 Å². The number of methoxy groups -OCH3 is 1. The zero-order valence-electron chi connectivity index (χ0n) is 16.1. The first-order valence-corrected chi connectivity index (χ1v) is 10.7. The Kier molecular flexibility index (Phi) is 4.57. The Morgan fingerprint density at radius 3 is 2.75 bits per heavy atom. The van der Waals surface area contributed by atoms with Crippen LogP contribution in [0.15, 0.2) is 48.7 Å². The minimum absolute atomic E-state index is 0.0349. The summed E-state index contributed by atoms with van der Waals surface area (Å²) in [6.45, 7) is 0.746. The second kappa shape index (κ2) is 7.22. The van der Waals surface area contributed by atoms with Crippen LogP contribution in [0.4, 0.5) is 0 Å². The van der Waals surface area contributed by atoms with Crippen molar-refractivity contribution in [1.29, 1.82) is 0 Å². The molecular weight excluding hydrogens is 368 g/mol. The summed E-state index contributed by atoms with van der Waals surface area (Å²) in [5.41, 5.74) is 5.10. The number of aryl methyl sites for hydroxylation is 1. The maximum Gasteiger partial charge on any atom is 0.249 e. The van der Waals surface area contributed by atoms with Crippen molar-refractivity contribution in [3.05, 3.63) is 75.9 Å². The third kappa shape index (κ3) is 2.81. The lowest BCUT2D eigenvalue weighted by Crippen LogP contribution is -2.37. The summed E-state index contributed by atoms with van der Waals surface area (Å²) in [6.07, 6.45) is 6.95. The molecule has 1 aliphatic heterocycles. The van der Waals surface area contributed by atoms with Gasteiger partial charge in [0.1, 0.15) is 11.6 Å². The Morgan fingerprint density at radius 2 is 1.93 bits per heavy atom. The molecule has 5 rings (SSSR count). The van der Waals surface area contributed by atoms with Crippen molar-refractivity contribution in [1.82, 2.24) is 9.47 Å². The second-order valence-electron chi connectivity index (χ2n) is 7.57. The van der Waals surface area contributed by atoms with Crippen molar-refractivity contribution in [2.75, 3.05) is 13.7 Å². The van der Waals surface area contributed by atoms with Gasteiger partial charge >= 0.3 is 0 Å². The molecule has 0 spiro atoms. The molecule has 0 radical (unpaired) electrons. The van der Waals surface area contributed by atoms with Gasteiger partial charge in [-0.25, -0.2) is 0 Å². The van der Waals surface area contributed by atoms with Crippen LogP contribution in [0.5, 0.6) is 0 Å². The van der Waals surface area contributed by atoms with E-state index in [0.717, 1.165) is 24.1 Å². The number of carbonyl (C=O) groups excluding carboxylic acids is 1. The molecule has 2 aromatic heterocycles. The SMILES string of the molecule is COCC(=O)N1Cc2c(sc3c2CCCC3)-n2cccc2C1c1ccccc1. The fourth-order valence-electron chi connectivity index (χ4n) is 4.62. The summed E-state index contributed by atoms with van der Waals surface area (Å²) in [5.74, 6) is 0.0349. The maximum atomic E-state index is 13.2. The number of carbonyl (C=O) groups is 1. The summed E-state index contributed by atoms with van der Waals surface area (Å²) in [7, 11) is 1.59. The molecule has 2 aliphatic rings. The quantitative estimate of drug-likeness (QED) is 0.658. The second-order valence-corrected chi connectivity index (χ2v) is 8.65. The summed E-state index contributed by atoms with van der Waals surface area (Å²) in [6, 6.07) is 14.5. The van der Waals surface area contributed by atoms with Gasteiger partial charge in [0.25, 0.3) is 0 Å². The Balaban J connectivity index is 1.71. The first-order valence-electron chi connectivity index (χ1n) is 9.92. The highest BCUT2D eigenvalue weighted by molar-refractivity contribution is 7.15. The Hall–Kier alpha value is -2.37. The van der Waals surface area contributed by atoms with Crippen molar-refractivity contribution in [2.45, 2.75) is 38.3 Å². The van der Waals surface area contributed by atoms with Crippen LogP contribution in [0.2, 0.25) is 0 Å². The Morgan fingerprint density at radius 1 is 1.11 bits per heavy atom. The number of nitrogens with zero attached hydrogens (tertiary/aromatic N) is 2. The van der Waals surface area contributed by atoms with Crippen LogP contribution in [0.25, 0.3) is 5.00 Å². The predicted molar refractivity (Wildman–Crippen MR) is 111 cm³/mol. The van der Waals surface area contributed by atoms with E-state index in [1.165, 1.54) is 33.8 Å². The van der Waals surface area contributed by atoms with Crippen LogP contribution < -0.4 is 0 Å². The number of rotatable bonds is 3. The highest BCUT2D eigenvalue weighted by Gasteiger charge is 2.35. The molecule has 28 heavy (non-hydrogen) atoms. The number of thiophene rings is 1. The van der Waals surface area contributed by atoms with Crippen molar-refractivity contribution < 1.29 is 9.53 Å². The van der Waals surface area contributed by atoms with Crippen LogP contribution in [0.3, 0.4) is 0 Å². The largest absolute Gasteiger partial charge is 0.375 e. The monoisotopic (exact) mass is 392 g/mol. The zero-order valence-corrected chi connectivity index (χ0v) is 16.9. The molecule has 1 aliphatic carbocycles. The van der Waals surface area contributed by atoms with E-state index in [-0.39, 0.29) is 18.6 Å². The molecule has 4 nitrogen and oxygen atoms in total. The van der Waals surface area contributed by atoms with Gasteiger partial charge in [-0.15, -0.1) is 11.3 Å². The van der Waals surface area contributed by atoms with E-state index in [2.05, 4.69) is 35.0 Å². The molecule has 1 atom stereocenters. The van der Waals surface area contributed by atoms with E-state index in [4.69, 9.17) is 4.74 Å². The van der Waals surface area contributed by atoms with Crippen molar-refractivity contribution in [2.24, 2.45) is 0 Å². The molecule has 1 unspecified atom stereocenters. The molecule has 0 bridgehead atoms. The van der Waals surface area contributed by atoms with E-state index < -0.39 is 0 Å². The smallest absolute Gasteiger partial charge is 0.249 e. The van der Waals surface area contributed by atoms with Gasteiger partial charge in [0.2, 0.25) is 5.91 Å². The minimum Gasteiger partial charge on any atom is -0.375 e. The fraction of sp³-hybridized carbons (Fsp3) is 0.348. The lowest BCUT2D eigenvalue weighted by molar-refractivity contribution is -0.137. The topological polar surface area (TPSA) is 34.5 Å². The van der Waals surface area contributed by atoms with E-state index in [1.807, 2.05) is 34.4 Å². The van der Waals surface area contributed by atoms with Gasteiger partial charge < -0.3 is 14.2 Å². The summed E-state index contributed by atoms with van der Waals surface area (Å²) in [4.78, 5) is 16.7. The molecule has 0 fully saturated rings. The van der Waals surface area contributed by atoms with E-state index in [9.17, 15) is 4.79 Å². The molecule has 144 valence electrons. The lowest BCUT2D eigenvalue weighted by Gasteiger charge is -2.31. The molecule has 0 N–H and O–H groups in total. The number of hydrogen-bond acceptors (Lipinski definition) is 3. The van der Waals surface area contributed by atoms with Gasteiger partial charge in [-0.3, -0.25) is 4.79 Å². The number of fused-ring (bicyclic) bond motifs is 5. The summed E-state index contributed by atoms with van der Waals surface area (Å²) in [5, 5.41) is 1.29. The molecule has 1 amide bonds. The number of benzene rings is 1. The van der Waals surface area contributed by atoms with Crippen molar-refractivity contribution >= 4 is 17.2 Å². The minimum atomic E-state index is -0.113. The fourth-order valence-corrected chi connectivity index (χ4v) is 6.03. The number of hydrogen-bond donors (Lipinski definition) is 0. The van der Waals surface area contributed by atoms with Gasteiger partial charge in [0.05, 0.1) is 11.7 Å². The highest BCUT2D eigenvalue weighted by atomic mass is 32.1. The van der Waals surface area contributed by atoms with Gasteiger partial charge in [-0.05, 0) is 48.9 Å². The molecule has 3 heterocycles.